The Morgan fingerprint density at radius 3 is 2.91 bits per heavy atom. The Labute approximate surface area is 64.3 Å². The summed E-state index contributed by atoms with van der Waals surface area (Å²) in [6, 6.07) is 0. The summed E-state index contributed by atoms with van der Waals surface area (Å²) in [5.41, 5.74) is 0.151. The van der Waals surface area contributed by atoms with Crippen molar-refractivity contribution in [3.05, 3.63) is 34.0 Å². The maximum atomic E-state index is 10.2. The summed E-state index contributed by atoms with van der Waals surface area (Å²) in [5.74, 6) is 0. The highest BCUT2D eigenvalue weighted by atomic mass is 16.6. The maximum absolute atomic E-state index is 10.2. The van der Waals surface area contributed by atoms with Gasteiger partial charge in [0.1, 0.15) is 0 Å². The summed E-state index contributed by atoms with van der Waals surface area (Å²) in [5, 5.41) is 10.2. The van der Waals surface area contributed by atoms with Gasteiger partial charge in [0.25, 0.3) is 5.70 Å². The zero-order valence-corrected chi connectivity index (χ0v) is 6.19. The van der Waals surface area contributed by atoms with Crippen LogP contribution in [0.4, 0.5) is 0 Å². The van der Waals surface area contributed by atoms with Crippen LogP contribution in [0, 0.1) is 10.1 Å². The average molecular weight is 155 g/mol. The largest absolute Gasteiger partial charge is 0.377 e. The predicted octanol–water partition coefficient (Wildman–Crippen LogP) is 1.12. The molecule has 1 aliphatic rings. The smallest absolute Gasteiger partial charge is 0.265 e. The molecule has 0 N–H and O–H groups in total. The average Bonchev–Trinajstić information content (AvgIpc) is 2.05. The van der Waals surface area contributed by atoms with Crippen molar-refractivity contribution in [2.75, 3.05) is 7.11 Å². The molecule has 4 heteroatoms. The van der Waals surface area contributed by atoms with Gasteiger partial charge in [-0.1, -0.05) is 0 Å². The van der Waals surface area contributed by atoms with Crippen LogP contribution in [-0.2, 0) is 4.74 Å². The molecule has 0 aliphatic heterocycles. The lowest BCUT2D eigenvalue weighted by Gasteiger charge is -2.09. The fraction of sp³-hybridized carbons (Fsp3) is 0.429. The second kappa shape index (κ2) is 3.30. The van der Waals surface area contributed by atoms with Crippen molar-refractivity contribution >= 4 is 0 Å². The summed E-state index contributed by atoms with van der Waals surface area (Å²) in [7, 11) is 1.58. The molecule has 0 aromatic carbocycles. The molecular formula is C7H9NO3. The predicted molar refractivity (Wildman–Crippen MR) is 39.6 cm³/mol. The van der Waals surface area contributed by atoms with E-state index >= 15 is 0 Å². The molecule has 0 saturated heterocycles. The molecule has 60 valence electrons. The van der Waals surface area contributed by atoms with Gasteiger partial charge >= 0.3 is 0 Å². The Morgan fingerprint density at radius 2 is 2.55 bits per heavy atom. The van der Waals surface area contributed by atoms with Gasteiger partial charge < -0.3 is 4.74 Å². The van der Waals surface area contributed by atoms with Gasteiger partial charge in [0, 0.05) is 19.6 Å². The lowest BCUT2D eigenvalue weighted by atomic mass is 10.1. The van der Waals surface area contributed by atoms with Crippen LogP contribution >= 0.6 is 0 Å². The van der Waals surface area contributed by atoms with Crippen LogP contribution in [0.15, 0.2) is 23.9 Å². The second-order valence-electron chi connectivity index (χ2n) is 2.26. The molecular weight excluding hydrogens is 146 g/mol. The Hall–Kier alpha value is -1.16. The highest BCUT2D eigenvalue weighted by Crippen LogP contribution is 2.12. The summed E-state index contributed by atoms with van der Waals surface area (Å²) < 4.78 is 4.97. The van der Waals surface area contributed by atoms with E-state index in [0.717, 1.165) is 0 Å². The highest BCUT2D eigenvalue weighted by molar-refractivity contribution is 5.18. The van der Waals surface area contributed by atoms with Crippen LogP contribution < -0.4 is 0 Å². The third-order valence-electron chi connectivity index (χ3n) is 1.55. The molecule has 0 fully saturated rings. The van der Waals surface area contributed by atoms with E-state index in [1.54, 1.807) is 19.3 Å². The molecule has 0 heterocycles. The lowest BCUT2D eigenvalue weighted by Crippen LogP contribution is -2.10. The number of rotatable bonds is 2. The van der Waals surface area contributed by atoms with Crippen molar-refractivity contribution < 1.29 is 9.66 Å². The Morgan fingerprint density at radius 1 is 1.82 bits per heavy atom. The van der Waals surface area contributed by atoms with Gasteiger partial charge in [-0.05, 0) is 12.2 Å². The molecule has 0 spiro atoms. The van der Waals surface area contributed by atoms with Crippen molar-refractivity contribution in [2.45, 2.75) is 12.5 Å². The van der Waals surface area contributed by atoms with Crippen molar-refractivity contribution in [2.24, 2.45) is 0 Å². The van der Waals surface area contributed by atoms with Gasteiger partial charge in [0.2, 0.25) is 0 Å². The summed E-state index contributed by atoms with van der Waals surface area (Å²) in [4.78, 5) is 9.79. The van der Waals surface area contributed by atoms with Crippen molar-refractivity contribution in [3.63, 3.8) is 0 Å². The fourth-order valence-corrected chi connectivity index (χ4v) is 0.900. The number of allylic oxidation sites excluding steroid dienone is 1. The first kappa shape index (κ1) is 7.94. The summed E-state index contributed by atoms with van der Waals surface area (Å²) in [6.07, 6.45) is 5.31. The van der Waals surface area contributed by atoms with E-state index in [2.05, 4.69) is 0 Å². The van der Waals surface area contributed by atoms with Crippen LogP contribution in [0.5, 0.6) is 0 Å². The molecule has 0 aromatic heterocycles. The number of nitrogens with zero attached hydrogens (tertiary/aromatic N) is 1. The number of hydrogen-bond donors (Lipinski definition) is 0. The topological polar surface area (TPSA) is 52.4 Å². The SMILES string of the molecule is CO[C@@H]1C=CC([N+](=O)[O-])=CC1. The van der Waals surface area contributed by atoms with Crippen LogP contribution in [0.25, 0.3) is 0 Å². The molecule has 4 nitrogen and oxygen atoms in total. The van der Waals surface area contributed by atoms with Gasteiger partial charge in [-0.15, -0.1) is 0 Å². The molecule has 1 aliphatic carbocycles. The first-order valence-corrected chi connectivity index (χ1v) is 3.29. The van der Waals surface area contributed by atoms with E-state index in [1.807, 2.05) is 0 Å². The minimum atomic E-state index is -0.400. The van der Waals surface area contributed by atoms with E-state index < -0.39 is 4.92 Å². The molecule has 0 unspecified atom stereocenters. The van der Waals surface area contributed by atoms with Crippen molar-refractivity contribution in [1.82, 2.24) is 0 Å². The number of nitro groups is 1. The quantitative estimate of drug-likeness (QED) is 0.443. The Bertz CT molecular complexity index is 220. The third-order valence-corrected chi connectivity index (χ3v) is 1.55. The molecule has 0 aromatic rings. The first-order chi connectivity index (χ1) is 5.24. The summed E-state index contributed by atoms with van der Waals surface area (Å²) >= 11 is 0. The minimum Gasteiger partial charge on any atom is -0.377 e. The molecule has 0 amide bonds. The van der Waals surface area contributed by atoms with Crippen LogP contribution in [0.1, 0.15) is 6.42 Å². The van der Waals surface area contributed by atoms with Gasteiger partial charge in [0.05, 0.1) is 11.0 Å². The molecule has 0 saturated carbocycles. The fourth-order valence-electron chi connectivity index (χ4n) is 0.900. The monoisotopic (exact) mass is 155 g/mol. The second-order valence-corrected chi connectivity index (χ2v) is 2.26. The highest BCUT2D eigenvalue weighted by Gasteiger charge is 2.13. The minimum absolute atomic E-state index is 0.00120. The number of hydrogen-bond acceptors (Lipinski definition) is 3. The standard InChI is InChI=1S/C7H9NO3/c1-11-7-4-2-6(3-5-7)8(9)10/h2-4,7H,5H2,1H3/t7-/m1/s1. The number of ether oxygens (including phenoxy) is 1. The van der Waals surface area contributed by atoms with Gasteiger partial charge in [-0.3, -0.25) is 10.1 Å². The van der Waals surface area contributed by atoms with Crippen LogP contribution in [0.2, 0.25) is 0 Å². The zero-order valence-electron chi connectivity index (χ0n) is 6.19. The molecule has 0 bridgehead atoms. The molecule has 1 atom stereocenters. The lowest BCUT2D eigenvalue weighted by molar-refractivity contribution is -0.419. The van der Waals surface area contributed by atoms with Crippen molar-refractivity contribution in [3.8, 4) is 0 Å². The Kier molecular flexibility index (Phi) is 2.38. The van der Waals surface area contributed by atoms with E-state index in [0.29, 0.717) is 6.42 Å². The molecule has 0 radical (unpaired) electrons. The van der Waals surface area contributed by atoms with Gasteiger partial charge in [-0.2, -0.15) is 0 Å². The first-order valence-electron chi connectivity index (χ1n) is 3.29. The van der Waals surface area contributed by atoms with E-state index in [1.165, 1.54) is 6.08 Å². The summed E-state index contributed by atoms with van der Waals surface area (Å²) in [6.45, 7) is 0. The zero-order chi connectivity index (χ0) is 8.27. The normalized spacial score (nSPS) is 23.0. The molecule has 1 rings (SSSR count). The van der Waals surface area contributed by atoms with E-state index in [9.17, 15) is 10.1 Å². The van der Waals surface area contributed by atoms with Crippen LogP contribution in [-0.4, -0.2) is 18.1 Å². The van der Waals surface area contributed by atoms with E-state index in [4.69, 9.17) is 4.74 Å². The van der Waals surface area contributed by atoms with Crippen molar-refractivity contribution in [1.29, 1.82) is 0 Å². The maximum Gasteiger partial charge on any atom is 0.265 e. The van der Waals surface area contributed by atoms with Gasteiger partial charge in [0.15, 0.2) is 0 Å². The van der Waals surface area contributed by atoms with E-state index in [-0.39, 0.29) is 11.8 Å². The Balaban J connectivity index is 2.60. The van der Waals surface area contributed by atoms with Gasteiger partial charge in [-0.25, -0.2) is 0 Å². The number of methoxy groups -OCH3 is 1. The molecule has 11 heavy (non-hydrogen) atoms. The third kappa shape index (κ3) is 1.88. The van der Waals surface area contributed by atoms with Crippen LogP contribution in [0.3, 0.4) is 0 Å².